The van der Waals surface area contributed by atoms with E-state index in [1.165, 1.54) is 12.5 Å². The third-order valence-corrected chi connectivity index (χ3v) is 3.13. The fraction of sp³-hybridized carbons (Fsp3) is 0.429. The second-order valence-electron chi connectivity index (χ2n) is 4.34. The Bertz CT molecular complexity index is 384. The standard InChI is InChI=1S/C14H17FO/c15-13-9-5-4-8-12(13)10-14(16)11-6-2-1-3-7-11/h4-6,8-9,14,16H,1-3,7,10H2. The van der Waals surface area contributed by atoms with Crippen LogP contribution in [0.5, 0.6) is 0 Å². The van der Waals surface area contributed by atoms with Gasteiger partial charge in [0.2, 0.25) is 0 Å². The quantitative estimate of drug-likeness (QED) is 0.775. The topological polar surface area (TPSA) is 20.2 Å². The summed E-state index contributed by atoms with van der Waals surface area (Å²) < 4.78 is 13.4. The summed E-state index contributed by atoms with van der Waals surface area (Å²) in [6.07, 6.45) is 6.32. The molecule has 16 heavy (non-hydrogen) atoms. The van der Waals surface area contributed by atoms with E-state index in [0.29, 0.717) is 12.0 Å². The minimum atomic E-state index is -0.516. The predicted molar refractivity (Wildman–Crippen MR) is 62.7 cm³/mol. The normalized spacial score (nSPS) is 18.0. The summed E-state index contributed by atoms with van der Waals surface area (Å²) >= 11 is 0. The lowest BCUT2D eigenvalue weighted by atomic mass is 9.92. The molecule has 0 bridgehead atoms. The predicted octanol–water partition coefficient (Wildman–Crippen LogP) is 3.23. The van der Waals surface area contributed by atoms with E-state index in [4.69, 9.17) is 0 Å². The number of aliphatic hydroxyl groups is 1. The molecule has 0 saturated carbocycles. The van der Waals surface area contributed by atoms with Crippen molar-refractivity contribution in [1.82, 2.24) is 0 Å². The van der Waals surface area contributed by atoms with Gasteiger partial charge in [-0.05, 0) is 42.9 Å². The van der Waals surface area contributed by atoms with Gasteiger partial charge in [0, 0.05) is 6.42 Å². The second kappa shape index (κ2) is 5.26. The van der Waals surface area contributed by atoms with Crippen LogP contribution in [0.25, 0.3) is 0 Å². The summed E-state index contributed by atoms with van der Waals surface area (Å²) in [5, 5.41) is 10.0. The van der Waals surface area contributed by atoms with E-state index >= 15 is 0 Å². The van der Waals surface area contributed by atoms with Gasteiger partial charge in [-0.1, -0.05) is 24.3 Å². The molecule has 0 spiro atoms. The largest absolute Gasteiger partial charge is 0.388 e. The molecule has 86 valence electrons. The summed E-state index contributed by atoms with van der Waals surface area (Å²) in [6.45, 7) is 0. The molecule has 1 aromatic rings. The smallest absolute Gasteiger partial charge is 0.126 e. The highest BCUT2D eigenvalue weighted by Crippen LogP contribution is 2.22. The van der Waals surface area contributed by atoms with E-state index in [1.54, 1.807) is 18.2 Å². The minimum absolute atomic E-state index is 0.224. The van der Waals surface area contributed by atoms with Crippen LogP contribution in [0, 0.1) is 5.82 Å². The fourth-order valence-corrected chi connectivity index (χ4v) is 2.17. The van der Waals surface area contributed by atoms with E-state index in [-0.39, 0.29) is 5.82 Å². The molecular weight excluding hydrogens is 203 g/mol. The van der Waals surface area contributed by atoms with Crippen molar-refractivity contribution in [2.45, 2.75) is 38.2 Å². The summed E-state index contributed by atoms with van der Waals surface area (Å²) in [4.78, 5) is 0. The average Bonchev–Trinajstić information content (AvgIpc) is 2.33. The molecule has 2 rings (SSSR count). The van der Waals surface area contributed by atoms with Crippen LogP contribution in [0.15, 0.2) is 35.9 Å². The number of hydrogen-bond donors (Lipinski definition) is 1. The number of benzene rings is 1. The maximum absolute atomic E-state index is 13.4. The van der Waals surface area contributed by atoms with Crippen LogP contribution >= 0.6 is 0 Å². The van der Waals surface area contributed by atoms with Gasteiger partial charge in [0.1, 0.15) is 5.82 Å². The van der Waals surface area contributed by atoms with Crippen LogP contribution in [0.1, 0.15) is 31.2 Å². The number of rotatable bonds is 3. The van der Waals surface area contributed by atoms with Gasteiger partial charge < -0.3 is 5.11 Å². The molecule has 0 aliphatic heterocycles. The monoisotopic (exact) mass is 220 g/mol. The first-order valence-corrected chi connectivity index (χ1v) is 5.88. The van der Waals surface area contributed by atoms with Crippen molar-refractivity contribution in [3.05, 3.63) is 47.3 Å². The molecule has 1 aromatic carbocycles. The van der Waals surface area contributed by atoms with Gasteiger partial charge >= 0.3 is 0 Å². The van der Waals surface area contributed by atoms with Gasteiger partial charge in [0.25, 0.3) is 0 Å². The van der Waals surface area contributed by atoms with Crippen LogP contribution in [0.2, 0.25) is 0 Å². The molecule has 2 heteroatoms. The molecule has 0 heterocycles. The van der Waals surface area contributed by atoms with E-state index < -0.39 is 6.10 Å². The van der Waals surface area contributed by atoms with Crippen molar-refractivity contribution in [2.75, 3.05) is 0 Å². The van der Waals surface area contributed by atoms with E-state index in [0.717, 1.165) is 24.8 Å². The zero-order valence-electron chi connectivity index (χ0n) is 9.32. The Morgan fingerprint density at radius 3 is 2.75 bits per heavy atom. The first-order valence-electron chi connectivity index (χ1n) is 5.88. The van der Waals surface area contributed by atoms with Crippen molar-refractivity contribution in [3.63, 3.8) is 0 Å². The Morgan fingerprint density at radius 2 is 2.06 bits per heavy atom. The molecule has 0 radical (unpaired) electrons. The Kier molecular flexibility index (Phi) is 3.73. The molecule has 0 fully saturated rings. The minimum Gasteiger partial charge on any atom is -0.388 e. The van der Waals surface area contributed by atoms with Crippen molar-refractivity contribution in [3.8, 4) is 0 Å². The van der Waals surface area contributed by atoms with Crippen LogP contribution < -0.4 is 0 Å². The first-order chi connectivity index (χ1) is 7.77. The maximum Gasteiger partial charge on any atom is 0.126 e. The molecule has 1 unspecified atom stereocenters. The van der Waals surface area contributed by atoms with Crippen LogP contribution in [-0.4, -0.2) is 11.2 Å². The second-order valence-corrected chi connectivity index (χ2v) is 4.34. The van der Waals surface area contributed by atoms with E-state index in [1.807, 2.05) is 0 Å². The SMILES string of the molecule is OC(Cc1ccccc1F)C1=CCCCC1. The van der Waals surface area contributed by atoms with E-state index in [9.17, 15) is 9.50 Å². The summed E-state index contributed by atoms with van der Waals surface area (Å²) in [5.41, 5.74) is 1.68. The number of aliphatic hydroxyl groups excluding tert-OH is 1. The van der Waals surface area contributed by atoms with Crippen LogP contribution in [0.3, 0.4) is 0 Å². The lowest BCUT2D eigenvalue weighted by Gasteiger charge is -2.18. The lowest BCUT2D eigenvalue weighted by Crippen LogP contribution is -2.16. The van der Waals surface area contributed by atoms with Gasteiger partial charge in [-0.15, -0.1) is 0 Å². The fourth-order valence-electron chi connectivity index (χ4n) is 2.17. The average molecular weight is 220 g/mol. The van der Waals surface area contributed by atoms with Crippen molar-refractivity contribution >= 4 is 0 Å². The van der Waals surface area contributed by atoms with E-state index in [2.05, 4.69) is 6.08 Å². The van der Waals surface area contributed by atoms with Gasteiger partial charge in [-0.25, -0.2) is 4.39 Å². The highest BCUT2D eigenvalue weighted by atomic mass is 19.1. The molecule has 0 aromatic heterocycles. The van der Waals surface area contributed by atoms with Crippen molar-refractivity contribution in [2.24, 2.45) is 0 Å². The Morgan fingerprint density at radius 1 is 1.25 bits per heavy atom. The van der Waals surface area contributed by atoms with Gasteiger partial charge in [-0.2, -0.15) is 0 Å². The first kappa shape index (κ1) is 11.3. The van der Waals surface area contributed by atoms with Crippen molar-refractivity contribution < 1.29 is 9.50 Å². The third kappa shape index (κ3) is 2.70. The summed E-state index contributed by atoms with van der Waals surface area (Å²) in [7, 11) is 0. The highest BCUT2D eigenvalue weighted by Gasteiger charge is 2.15. The molecule has 1 N–H and O–H groups in total. The maximum atomic E-state index is 13.4. The Hall–Kier alpha value is -1.15. The van der Waals surface area contributed by atoms with Gasteiger partial charge in [0.05, 0.1) is 6.10 Å². The molecule has 1 atom stereocenters. The number of hydrogen-bond acceptors (Lipinski definition) is 1. The zero-order chi connectivity index (χ0) is 11.4. The number of halogens is 1. The zero-order valence-corrected chi connectivity index (χ0v) is 9.32. The molecule has 1 aliphatic carbocycles. The third-order valence-electron chi connectivity index (χ3n) is 3.13. The van der Waals surface area contributed by atoms with Crippen molar-refractivity contribution in [1.29, 1.82) is 0 Å². The van der Waals surface area contributed by atoms with Crippen LogP contribution in [-0.2, 0) is 6.42 Å². The molecule has 0 amide bonds. The molecule has 0 saturated heterocycles. The Balaban J connectivity index is 2.04. The van der Waals surface area contributed by atoms with Gasteiger partial charge in [0.15, 0.2) is 0 Å². The lowest BCUT2D eigenvalue weighted by molar-refractivity contribution is 0.203. The Labute approximate surface area is 95.6 Å². The molecule has 1 aliphatic rings. The molecule has 1 nitrogen and oxygen atoms in total. The van der Waals surface area contributed by atoms with Crippen LogP contribution in [0.4, 0.5) is 4.39 Å². The summed E-state index contributed by atoms with van der Waals surface area (Å²) in [6, 6.07) is 6.66. The number of allylic oxidation sites excluding steroid dienone is 1. The van der Waals surface area contributed by atoms with Gasteiger partial charge in [-0.3, -0.25) is 0 Å². The molecular formula is C14H17FO. The highest BCUT2D eigenvalue weighted by molar-refractivity contribution is 5.21. The summed E-state index contributed by atoms with van der Waals surface area (Å²) in [5.74, 6) is -0.224.